The standard InChI is InChI=1S/C10H7N/c1-2-8-7-11-10-6-4-3-5-9(8)10/h1,3-7,11H. The lowest BCUT2D eigenvalue weighted by molar-refractivity contribution is 1.47. The van der Waals surface area contributed by atoms with Crippen LogP contribution < -0.4 is 0 Å². The molecule has 0 aliphatic carbocycles. The first-order valence-corrected chi connectivity index (χ1v) is 3.44. The Labute approximate surface area is 65.1 Å². The van der Waals surface area contributed by atoms with Crippen molar-refractivity contribution >= 4 is 10.9 Å². The van der Waals surface area contributed by atoms with Crippen molar-refractivity contribution in [3.05, 3.63) is 36.0 Å². The molecule has 1 aromatic carbocycles. The number of hydrogen-bond acceptors (Lipinski definition) is 0. The van der Waals surface area contributed by atoms with Crippen LogP contribution in [0.4, 0.5) is 0 Å². The lowest BCUT2D eigenvalue weighted by atomic mass is 10.2. The van der Waals surface area contributed by atoms with E-state index in [0.717, 1.165) is 16.5 Å². The zero-order chi connectivity index (χ0) is 7.68. The molecule has 1 nitrogen and oxygen atoms in total. The minimum Gasteiger partial charge on any atom is -0.360 e. The van der Waals surface area contributed by atoms with Gasteiger partial charge in [-0.3, -0.25) is 0 Å². The summed E-state index contributed by atoms with van der Waals surface area (Å²) in [6, 6.07) is 7.99. The number of para-hydroxylation sites is 1. The zero-order valence-electron chi connectivity index (χ0n) is 5.96. The zero-order valence-corrected chi connectivity index (χ0v) is 5.96. The molecule has 1 aromatic heterocycles. The maximum absolute atomic E-state index is 5.29. The Balaban J connectivity index is 2.89. The van der Waals surface area contributed by atoms with Crippen LogP contribution in [0.15, 0.2) is 30.5 Å². The van der Waals surface area contributed by atoms with Gasteiger partial charge in [0.05, 0.1) is 0 Å². The summed E-state index contributed by atoms with van der Waals surface area (Å²) >= 11 is 0. The summed E-state index contributed by atoms with van der Waals surface area (Å²) in [7, 11) is 0. The smallest absolute Gasteiger partial charge is 0.0495 e. The van der Waals surface area contributed by atoms with Crippen LogP contribution in [0.3, 0.4) is 0 Å². The maximum Gasteiger partial charge on any atom is 0.0495 e. The molecule has 1 heterocycles. The molecule has 0 atom stereocenters. The van der Waals surface area contributed by atoms with E-state index in [2.05, 4.69) is 10.9 Å². The van der Waals surface area contributed by atoms with Crippen LogP contribution >= 0.6 is 0 Å². The van der Waals surface area contributed by atoms with E-state index in [9.17, 15) is 0 Å². The summed E-state index contributed by atoms with van der Waals surface area (Å²) in [6.07, 6.45) is 7.14. The Hall–Kier alpha value is -1.68. The molecule has 1 N–H and O–H groups in total. The predicted molar refractivity (Wildman–Crippen MR) is 46.2 cm³/mol. The fourth-order valence-electron chi connectivity index (χ4n) is 1.19. The number of fused-ring (bicyclic) bond motifs is 1. The largest absolute Gasteiger partial charge is 0.360 e. The van der Waals surface area contributed by atoms with E-state index in [1.54, 1.807) is 0 Å². The van der Waals surface area contributed by atoms with E-state index in [1.165, 1.54) is 0 Å². The molecule has 0 saturated carbocycles. The number of rotatable bonds is 0. The van der Waals surface area contributed by atoms with Crippen molar-refractivity contribution in [1.82, 2.24) is 4.98 Å². The van der Waals surface area contributed by atoms with Crippen LogP contribution in [0.1, 0.15) is 5.56 Å². The monoisotopic (exact) mass is 141 g/mol. The van der Waals surface area contributed by atoms with Crippen molar-refractivity contribution in [3.8, 4) is 12.3 Å². The Kier molecular flexibility index (Phi) is 1.20. The van der Waals surface area contributed by atoms with Gasteiger partial charge in [-0.2, -0.15) is 0 Å². The second kappa shape index (κ2) is 2.17. The number of nitrogens with one attached hydrogen (secondary N) is 1. The number of aromatic nitrogens is 1. The summed E-state index contributed by atoms with van der Waals surface area (Å²) in [5.74, 6) is 2.62. The van der Waals surface area contributed by atoms with E-state index < -0.39 is 0 Å². The van der Waals surface area contributed by atoms with Gasteiger partial charge in [0.1, 0.15) is 0 Å². The van der Waals surface area contributed by atoms with E-state index in [4.69, 9.17) is 6.42 Å². The predicted octanol–water partition coefficient (Wildman–Crippen LogP) is 2.15. The first kappa shape index (κ1) is 6.06. The van der Waals surface area contributed by atoms with Gasteiger partial charge in [0, 0.05) is 22.7 Å². The second-order valence-corrected chi connectivity index (χ2v) is 2.39. The highest BCUT2D eigenvalue weighted by molar-refractivity contribution is 5.85. The molecule has 0 radical (unpaired) electrons. The van der Waals surface area contributed by atoms with Gasteiger partial charge in [-0.15, -0.1) is 6.42 Å². The molecule has 0 bridgehead atoms. The van der Waals surface area contributed by atoms with Crippen LogP contribution in [-0.4, -0.2) is 4.98 Å². The molecule has 0 saturated heterocycles. The molecule has 0 amide bonds. The van der Waals surface area contributed by atoms with Gasteiger partial charge in [-0.25, -0.2) is 0 Å². The average molecular weight is 141 g/mol. The van der Waals surface area contributed by atoms with Crippen LogP contribution in [0.2, 0.25) is 0 Å². The van der Waals surface area contributed by atoms with Gasteiger partial charge in [0.15, 0.2) is 0 Å². The third kappa shape index (κ3) is 0.805. The minimum atomic E-state index is 0.931. The first-order valence-electron chi connectivity index (χ1n) is 3.44. The first-order chi connectivity index (χ1) is 5.42. The molecule has 0 aliphatic rings. The summed E-state index contributed by atoms with van der Waals surface area (Å²) in [5.41, 5.74) is 2.03. The van der Waals surface area contributed by atoms with Gasteiger partial charge in [-0.05, 0) is 6.07 Å². The van der Waals surface area contributed by atoms with Gasteiger partial charge < -0.3 is 4.98 Å². The highest BCUT2D eigenvalue weighted by atomic mass is 14.7. The fourth-order valence-corrected chi connectivity index (χ4v) is 1.19. The van der Waals surface area contributed by atoms with Crippen LogP contribution in [-0.2, 0) is 0 Å². The van der Waals surface area contributed by atoms with Gasteiger partial charge >= 0.3 is 0 Å². The Morgan fingerprint density at radius 3 is 2.91 bits per heavy atom. The van der Waals surface area contributed by atoms with Crippen molar-refractivity contribution in [2.45, 2.75) is 0 Å². The van der Waals surface area contributed by atoms with E-state index in [0.29, 0.717) is 0 Å². The highest BCUT2D eigenvalue weighted by Gasteiger charge is 1.97. The minimum absolute atomic E-state index is 0.931. The third-order valence-electron chi connectivity index (χ3n) is 1.74. The van der Waals surface area contributed by atoms with Gasteiger partial charge in [-0.1, -0.05) is 24.1 Å². The number of aromatic amines is 1. The van der Waals surface area contributed by atoms with E-state index in [-0.39, 0.29) is 0 Å². The quantitative estimate of drug-likeness (QED) is 0.541. The van der Waals surface area contributed by atoms with Crippen molar-refractivity contribution in [2.75, 3.05) is 0 Å². The summed E-state index contributed by atoms with van der Waals surface area (Å²) < 4.78 is 0. The number of terminal acetylenes is 1. The molecule has 0 fully saturated rings. The van der Waals surface area contributed by atoms with E-state index >= 15 is 0 Å². The van der Waals surface area contributed by atoms with Gasteiger partial charge in [0.25, 0.3) is 0 Å². The Morgan fingerprint density at radius 2 is 2.09 bits per heavy atom. The molecule has 2 rings (SSSR count). The number of H-pyrrole nitrogens is 1. The molecule has 0 unspecified atom stereocenters. The molecule has 11 heavy (non-hydrogen) atoms. The summed E-state index contributed by atoms with van der Waals surface area (Å²) in [5, 5.41) is 1.12. The van der Waals surface area contributed by atoms with Crippen molar-refractivity contribution in [1.29, 1.82) is 0 Å². The second-order valence-electron chi connectivity index (χ2n) is 2.39. The highest BCUT2D eigenvalue weighted by Crippen LogP contribution is 2.15. The van der Waals surface area contributed by atoms with Gasteiger partial charge in [0.2, 0.25) is 0 Å². The molecular formula is C10H7N. The summed E-state index contributed by atoms with van der Waals surface area (Å²) in [6.45, 7) is 0. The fraction of sp³-hybridized carbons (Fsp3) is 0. The molecule has 1 heteroatoms. The van der Waals surface area contributed by atoms with Crippen molar-refractivity contribution in [3.63, 3.8) is 0 Å². The number of hydrogen-bond donors (Lipinski definition) is 1. The average Bonchev–Trinajstić information content (AvgIpc) is 2.47. The van der Waals surface area contributed by atoms with Crippen LogP contribution in [0.25, 0.3) is 10.9 Å². The van der Waals surface area contributed by atoms with Crippen LogP contribution in [0, 0.1) is 12.3 Å². The number of benzene rings is 1. The van der Waals surface area contributed by atoms with Crippen molar-refractivity contribution in [2.24, 2.45) is 0 Å². The topological polar surface area (TPSA) is 15.8 Å². The maximum atomic E-state index is 5.29. The molecule has 0 spiro atoms. The summed E-state index contributed by atoms with van der Waals surface area (Å²) in [4.78, 5) is 3.10. The van der Waals surface area contributed by atoms with Crippen LogP contribution in [0.5, 0.6) is 0 Å². The van der Waals surface area contributed by atoms with E-state index in [1.807, 2.05) is 30.5 Å². The lowest BCUT2D eigenvalue weighted by Crippen LogP contribution is -1.66. The Morgan fingerprint density at radius 1 is 1.27 bits per heavy atom. The third-order valence-corrected chi connectivity index (χ3v) is 1.74. The molecular weight excluding hydrogens is 134 g/mol. The molecule has 2 aromatic rings. The SMILES string of the molecule is C#Cc1c[nH]c2ccccc12. The van der Waals surface area contributed by atoms with Crippen molar-refractivity contribution < 1.29 is 0 Å². The Bertz CT molecular complexity index is 418. The molecule has 0 aliphatic heterocycles. The molecule has 52 valence electrons. The normalized spacial score (nSPS) is 9.73. The lowest BCUT2D eigenvalue weighted by Gasteiger charge is -1.86.